The van der Waals surface area contributed by atoms with Crippen molar-refractivity contribution in [3.63, 3.8) is 0 Å². The molecule has 3 atom stereocenters. The van der Waals surface area contributed by atoms with Crippen LogP contribution in [0.4, 0.5) is 0 Å². The van der Waals surface area contributed by atoms with Crippen molar-refractivity contribution >= 4 is 27.4 Å². The van der Waals surface area contributed by atoms with Gasteiger partial charge in [-0.15, -0.1) is 11.3 Å². The topological polar surface area (TPSA) is 65.0 Å². The molecule has 2 aliphatic rings. The molecule has 1 N–H and O–H groups in total. The van der Waals surface area contributed by atoms with E-state index in [1.165, 1.54) is 43.4 Å². The maximum absolute atomic E-state index is 11.8. The van der Waals surface area contributed by atoms with Crippen LogP contribution in [0.25, 0.3) is 10.1 Å². The fourth-order valence-electron chi connectivity index (χ4n) is 4.76. The van der Waals surface area contributed by atoms with Gasteiger partial charge in [-0.25, -0.2) is 4.79 Å². The summed E-state index contributed by atoms with van der Waals surface area (Å²) in [7, 11) is 3.16. The highest BCUT2D eigenvalue weighted by Gasteiger charge is 2.34. The molecule has 0 bridgehead atoms. The number of carbonyl (C=O) groups is 1. The SMILES string of the molecule is COc1cc2sc(C(=O)O)c(OC3CCC4CCCCC4C3)c2cc1OC. The maximum Gasteiger partial charge on any atom is 0.349 e. The van der Waals surface area contributed by atoms with Crippen LogP contribution in [0.15, 0.2) is 12.1 Å². The van der Waals surface area contributed by atoms with E-state index in [1.807, 2.05) is 12.1 Å². The first-order valence-electron chi connectivity index (χ1n) is 9.69. The highest BCUT2D eigenvalue weighted by atomic mass is 32.1. The highest BCUT2D eigenvalue weighted by Crippen LogP contribution is 2.46. The van der Waals surface area contributed by atoms with Crippen molar-refractivity contribution in [1.29, 1.82) is 0 Å². The van der Waals surface area contributed by atoms with E-state index >= 15 is 0 Å². The molecule has 5 nitrogen and oxygen atoms in total. The molecule has 0 aliphatic heterocycles. The summed E-state index contributed by atoms with van der Waals surface area (Å²) in [5.74, 6) is 2.28. The van der Waals surface area contributed by atoms with Crippen LogP contribution in [-0.4, -0.2) is 31.4 Å². The lowest BCUT2D eigenvalue weighted by molar-refractivity contribution is 0.0611. The number of carboxylic acids is 1. The van der Waals surface area contributed by atoms with Crippen LogP contribution in [0.3, 0.4) is 0 Å². The molecule has 2 fully saturated rings. The first kappa shape index (κ1) is 18.4. The summed E-state index contributed by atoms with van der Waals surface area (Å²) in [6, 6.07) is 3.66. The van der Waals surface area contributed by atoms with Gasteiger partial charge in [-0.3, -0.25) is 0 Å². The number of fused-ring (bicyclic) bond motifs is 2. The van der Waals surface area contributed by atoms with Crippen LogP contribution in [-0.2, 0) is 0 Å². The number of carboxylic acid groups (broad SMARTS) is 1. The molecule has 0 radical (unpaired) electrons. The Morgan fingerprint density at radius 2 is 1.74 bits per heavy atom. The van der Waals surface area contributed by atoms with Gasteiger partial charge in [-0.05, 0) is 37.2 Å². The molecule has 6 heteroatoms. The lowest BCUT2D eigenvalue weighted by Gasteiger charge is -2.39. The number of benzene rings is 1. The summed E-state index contributed by atoms with van der Waals surface area (Å²) in [5.41, 5.74) is 0. The average molecular weight is 391 g/mol. The predicted octanol–water partition coefficient (Wildman–Crippen LogP) is 5.35. The second kappa shape index (κ2) is 7.58. The first-order valence-corrected chi connectivity index (χ1v) is 10.5. The van der Waals surface area contributed by atoms with E-state index < -0.39 is 5.97 Å². The predicted molar refractivity (Wildman–Crippen MR) is 106 cm³/mol. The maximum atomic E-state index is 11.8. The van der Waals surface area contributed by atoms with Gasteiger partial charge in [0.15, 0.2) is 22.1 Å². The van der Waals surface area contributed by atoms with Gasteiger partial charge in [0.25, 0.3) is 0 Å². The fourth-order valence-corrected chi connectivity index (χ4v) is 5.75. The first-order chi connectivity index (χ1) is 13.1. The van der Waals surface area contributed by atoms with E-state index in [-0.39, 0.29) is 11.0 Å². The monoisotopic (exact) mass is 390 g/mol. The third-order valence-corrected chi connectivity index (χ3v) is 7.24. The lowest BCUT2D eigenvalue weighted by Crippen LogP contribution is -2.33. The van der Waals surface area contributed by atoms with Crippen molar-refractivity contribution in [3.8, 4) is 17.2 Å². The highest BCUT2D eigenvalue weighted by molar-refractivity contribution is 7.21. The number of thiophene rings is 1. The number of ether oxygens (including phenoxy) is 3. The van der Waals surface area contributed by atoms with Gasteiger partial charge in [-0.2, -0.15) is 0 Å². The Morgan fingerprint density at radius 1 is 1.04 bits per heavy atom. The molecule has 27 heavy (non-hydrogen) atoms. The minimum absolute atomic E-state index is 0.0911. The molecule has 1 aromatic heterocycles. The summed E-state index contributed by atoms with van der Waals surface area (Å²) in [6.45, 7) is 0. The van der Waals surface area contributed by atoms with Gasteiger partial charge in [0, 0.05) is 16.2 Å². The molecule has 0 amide bonds. The number of rotatable bonds is 5. The number of aromatic carboxylic acids is 1. The Morgan fingerprint density at radius 3 is 2.44 bits per heavy atom. The summed E-state index contributed by atoms with van der Waals surface area (Å²) in [4.78, 5) is 12.1. The Bertz CT molecular complexity index is 843. The van der Waals surface area contributed by atoms with Gasteiger partial charge in [-0.1, -0.05) is 25.7 Å². The van der Waals surface area contributed by atoms with Crippen LogP contribution in [0.1, 0.15) is 54.6 Å². The van der Waals surface area contributed by atoms with E-state index in [1.54, 1.807) is 14.2 Å². The Kier molecular flexibility index (Phi) is 5.17. The minimum atomic E-state index is -0.949. The minimum Gasteiger partial charge on any atom is -0.493 e. The third-order valence-electron chi connectivity index (χ3n) is 6.12. The Hall–Kier alpha value is -1.95. The van der Waals surface area contributed by atoms with Crippen molar-refractivity contribution in [2.75, 3.05) is 14.2 Å². The zero-order chi connectivity index (χ0) is 19.0. The van der Waals surface area contributed by atoms with Crippen LogP contribution < -0.4 is 14.2 Å². The fraction of sp³-hybridized carbons (Fsp3) is 0.571. The average Bonchev–Trinajstić information content (AvgIpc) is 3.04. The quantitative estimate of drug-likeness (QED) is 0.745. The zero-order valence-electron chi connectivity index (χ0n) is 15.8. The lowest BCUT2D eigenvalue weighted by atomic mass is 9.70. The molecule has 2 aromatic rings. The molecule has 3 unspecified atom stereocenters. The molecule has 2 aliphatic carbocycles. The molecular formula is C21H26O5S. The molecule has 1 heterocycles. The van der Waals surface area contributed by atoms with Gasteiger partial charge >= 0.3 is 5.97 Å². The van der Waals surface area contributed by atoms with Gasteiger partial charge < -0.3 is 19.3 Å². The van der Waals surface area contributed by atoms with Crippen LogP contribution >= 0.6 is 11.3 Å². The smallest absolute Gasteiger partial charge is 0.349 e. The van der Waals surface area contributed by atoms with Crippen LogP contribution in [0.5, 0.6) is 17.2 Å². The van der Waals surface area contributed by atoms with E-state index in [2.05, 4.69) is 0 Å². The molecule has 1 aromatic carbocycles. The van der Waals surface area contributed by atoms with Gasteiger partial charge in [0.05, 0.1) is 20.3 Å². The van der Waals surface area contributed by atoms with E-state index in [9.17, 15) is 9.90 Å². The Labute approximate surface area is 163 Å². The van der Waals surface area contributed by atoms with E-state index in [0.29, 0.717) is 17.2 Å². The second-order valence-corrected chi connectivity index (χ2v) is 8.68. The molecule has 2 saturated carbocycles. The second-order valence-electron chi connectivity index (χ2n) is 7.63. The summed E-state index contributed by atoms with van der Waals surface area (Å²) in [6.07, 6.45) is 8.62. The van der Waals surface area contributed by atoms with E-state index in [4.69, 9.17) is 14.2 Å². The Balaban J connectivity index is 1.67. The van der Waals surface area contributed by atoms with Crippen LogP contribution in [0, 0.1) is 11.8 Å². The number of methoxy groups -OCH3 is 2. The standard InChI is InChI=1S/C21H26O5S/c1-24-16-10-15-18(11-17(16)25-2)27-20(21(22)23)19(15)26-14-8-7-12-5-3-4-6-13(12)9-14/h10-14H,3-9H2,1-2H3,(H,22,23). The molecule has 0 spiro atoms. The molecular weight excluding hydrogens is 364 g/mol. The largest absolute Gasteiger partial charge is 0.493 e. The molecule has 0 saturated heterocycles. The normalized spacial score (nSPS) is 25.0. The molecule has 146 valence electrons. The zero-order valence-corrected chi connectivity index (χ0v) is 16.6. The van der Waals surface area contributed by atoms with Crippen molar-refractivity contribution in [3.05, 3.63) is 17.0 Å². The van der Waals surface area contributed by atoms with Crippen LogP contribution in [0.2, 0.25) is 0 Å². The van der Waals surface area contributed by atoms with Crippen molar-refractivity contribution in [1.82, 2.24) is 0 Å². The summed E-state index contributed by atoms with van der Waals surface area (Å²) < 4.78 is 18.0. The van der Waals surface area contributed by atoms with Crippen molar-refractivity contribution in [2.24, 2.45) is 11.8 Å². The number of hydrogen-bond acceptors (Lipinski definition) is 5. The molecule has 4 rings (SSSR count). The summed E-state index contributed by atoms with van der Waals surface area (Å²) in [5, 5.41) is 10.5. The number of hydrogen-bond donors (Lipinski definition) is 1. The van der Waals surface area contributed by atoms with Gasteiger partial charge in [0.1, 0.15) is 0 Å². The van der Waals surface area contributed by atoms with Crippen molar-refractivity contribution in [2.45, 2.75) is 51.0 Å². The van der Waals surface area contributed by atoms with Crippen molar-refractivity contribution < 1.29 is 24.1 Å². The summed E-state index contributed by atoms with van der Waals surface area (Å²) >= 11 is 1.23. The van der Waals surface area contributed by atoms with Gasteiger partial charge in [0.2, 0.25) is 0 Å². The third kappa shape index (κ3) is 3.47. The van der Waals surface area contributed by atoms with E-state index in [0.717, 1.165) is 34.8 Å².